The molecule has 1 aliphatic carbocycles. The van der Waals surface area contributed by atoms with E-state index in [2.05, 4.69) is 50.4 Å². The van der Waals surface area contributed by atoms with Gasteiger partial charge in [0.15, 0.2) is 0 Å². The van der Waals surface area contributed by atoms with Crippen molar-refractivity contribution in [2.45, 2.75) is 71.8 Å². The van der Waals surface area contributed by atoms with Gasteiger partial charge >= 0.3 is 0 Å². The van der Waals surface area contributed by atoms with Crippen LogP contribution in [0.4, 0.5) is 0 Å². The van der Waals surface area contributed by atoms with Crippen molar-refractivity contribution in [2.75, 3.05) is 6.54 Å². The van der Waals surface area contributed by atoms with Crippen LogP contribution in [-0.2, 0) is 6.42 Å². The fourth-order valence-electron chi connectivity index (χ4n) is 3.87. The second-order valence-corrected chi connectivity index (χ2v) is 6.96. The lowest BCUT2D eigenvalue weighted by Gasteiger charge is -2.34. The lowest BCUT2D eigenvalue weighted by Crippen LogP contribution is -2.32. The van der Waals surface area contributed by atoms with Crippen LogP contribution >= 0.6 is 0 Å². The van der Waals surface area contributed by atoms with Gasteiger partial charge in [0.05, 0.1) is 0 Å². The van der Waals surface area contributed by atoms with Crippen molar-refractivity contribution < 1.29 is 0 Å². The molecule has 0 heterocycles. The second-order valence-electron chi connectivity index (χ2n) is 6.96. The average Bonchev–Trinajstić information content (AvgIpc) is 2.49. The van der Waals surface area contributed by atoms with Crippen LogP contribution in [0.15, 0.2) is 24.3 Å². The van der Waals surface area contributed by atoms with Gasteiger partial charge in [0.1, 0.15) is 0 Å². The maximum absolute atomic E-state index is 3.85. The Labute approximate surface area is 131 Å². The fraction of sp³-hybridized carbons (Fsp3) is 0.700. The van der Waals surface area contributed by atoms with Crippen LogP contribution < -0.4 is 5.32 Å². The topological polar surface area (TPSA) is 12.0 Å². The fourth-order valence-corrected chi connectivity index (χ4v) is 3.87. The normalized spacial score (nSPS) is 24.0. The van der Waals surface area contributed by atoms with E-state index in [4.69, 9.17) is 0 Å². The van der Waals surface area contributed by atoms with E-state index in [-0.39, 0.29) is 0 Å². The molecule has 1 aliphatic rings. The molecule has 0 spiro atoms. The number of nitrogens with one attached hydrogen (secondary N) is 1. The first-order valence-corrected chi connectivity index (χ1v) is 9.06. The van der Waals surface area contributed by atoms with Crippen LogP contribution in [0.2, 0.25) is 0 Å². The molecule has 1 fully saturated rings. The molecule has 1 heteroatoms. The molecule has 2 rings (SSSR count). The standard InChI is InChI=1S/C20H33N/c1-4-8-17-10-7-12-19(15-17)20(21-13-5-2)18-11-6-9-16(3)14-18/h7,10,12,15-16,18,20-21H,4-6,8-9,11,13-14H2,1-3H3. The maximum Gasteiger partial charge on any atom is 0.0348 e. The van der Waals surface area contributed by atoms with Crippen LogP contribution in [0, 0.1) is 11.8 Å². The average molecular weight is 287 g/mol. The number of aryl methyl sites for hydroxylation is 1. The van der Waals surface area contributed by atoms with Gasteiger partial charge < -0.3 is 5.32 Å². The molecule has 1 saturated carbocycles. The summed E-state index contributed by atoms with van der Waals surface area (Å²) in [6, 6.07) is 9.90. The molecule has 0 aromatic heterocycles. The first-order valence-electron chi connectivity index (χ1n) is 9.06. The summed E-state index contributed by atoms with van der Waals surface area (Å²) >= 11 is 0. The summed E-state index contributed by atoms with van der Waals surface area (Å²) in [7, 11) is 0. The third kappa shape index (κ3) is 4.85. The first kappa shape index (κ1) is 16.5. The van der Waals surface area contributed by atoms with Crippen LogP contribution in [0.25, 0.3) is 0 Å². The molecule has 0 aliphatic heterocycles. The van der Waals surface area contributed by atoms with E-state index in [9.17, 15) is 0 Å². The molecule has 0 radical (unpaired) electrons. The molecule has 1 aromatic carbocycles. The Bertz CT molecular complexity index is 412. The smallest absolute Gasteiger partial charge is 0.0348 e. The Kier molecular flexibility index (Phi) is 6.76. The Morgan fingerprint density at radius 2 is 2.05 bits per heavy atom. The summed E-state index contributed by atoms with van der Waals surface area (Å²) in [5.74, 6) is 1.71. The van der Waals surface area contributed by atoms with Gasteiger partial charge in [0.2, 0.25) is 0 Å². The van der Waals surface area contributed by atoms with Crippen LogP contribution in [0.5, 0.6) is 0 Å². The molecular formula is C20H33N. The number of hydrogen-bond donors (Lipinski definition) is 1. The van der Waals surface area contributed by atoms with E-state index < -0.39 is 0 Å². The van der Waals surface area contributed by atoms with Crippen molar-refractivity contribution in [1.82, 2.24) is 5.32 Å². The monoisotopic (exact) mass is 287 g/mol. The number of hydrogen-bond acceptors (Lipinski definition) is 1. The highest BCUT2D eigenvalue weighted by molar-refractivity contribution is 5.27. The van der Waals surface area contributed by atoms with E-state index >= 15 is 0 Å². The van der Waals surface area contributed by atoms with Crippen LogP contribution in [-0.4, -0.2) is 6.54 Å². The van der Waals surface area contributed by atoms with Crippen LogP contribution in [0.1, 0.15) is 76.5 Å². The first-order chi connectivity index (χ1) is 10.2. The van der Waals surface area contributed by atoms with Crippen molar-refractivity contribution in [3.05, 3.63) is 35.4 Å². The highest BCUT2D eigenvalue weighted by atomic mass is 14.9. The van der Waals surface area contributed by atoms with Gasteiger partial charge in [-0.05, 0) is 55.2 Å². The maximum atomic E-state index is 3.85. The highest BCUT2D eigenvalue weighted by Gasteiger charge is 2.27. The minimum atomic E-state index is 0.560. The van der Waals surface area contributed by atoms with Gasteiger partial charge in [-0.25, -0.2) is 0 Å². The van der Waals surface area contributed by atoms with Gasteiger partial charge in [0.25, 0.3) is 0 Å². The number of rotatable bonds is 7. The van der Waals surface area contributed by atoms with Crippen molar-refractivity contribution in [3.8, 4) is 0 Å². The van der Waals surface area contributed by atoms with Gasteiger partial charge in [0, 0.05) is 6.04 Å². The molecular weight excluding hydrogens is 254 g/mol. The summed E-state index contributed by atoms with van der Waals surface area (Å²) in [5.41, 5.74) is 3.02. The molecule has 0 amide bonds. The molecule has 3 unspecified atom stereocenters. The minimum absolute atomic E-state index is 0.560. The second kappa shape index (κ2) is 8.58. The zero-order valence-corrected chi connectivity index (χ0v) is 14.2. The largest absolute Gasteiger partial charge is 0.310 e. The van der Waals surface area contributed by atoms with Crippen molar-refractivity contribution in [3.63, 3.8) is 0 Å². The SMILES string of the molecule is CCCNC(c1cccc(CCC)c1)C1CCCC(C)C1. The molecule has 118 valence electrons. The van der Waals surface area contributed by atoms with E-state index in [0.717, 1.165) is 18.4 Å². The van der Waals surface area contributed by atoms with Crippen molar-refractivity contribution in [2.24, 2.45) is 11.8 Å². The molecule has 3 atom stereocenters. The summed E-state index contributed by atoms with van der Waals surface area (Å²) < 4.78 is 0. The zero-order chi connectivity index (χ0) is 15.1. The van der Waals surface area contributed by atoms with Gasteiger partial charge in [-0.1, -0.05) is 64.3 Å². The molecule has 1 aromatic rings. The van der Waals surface area contributed by atoms with E-state index in [0.29, 0.717) is 6.04 Å². The molecule has 1 nitrogen and oxygen atoms in total. The zero-order valence-electron chi connectivity index (χ0n) is 14.2. The molecule has 21 heavy (non-hydrogen) atoms. The Morgan fingerprint density at radius 3 is 2.76 bits per heavy atom. The predicted molar refractivity (Wildman–Crippen MR) is 92.6 cm³/mol. The van der Waals surface area contributed by atoms with E-state index in [1.165, 1.54) is 56.1 Å². The lowest BCUT2D eigenvalue weighted by atomic mass is 9.76. The van der Waals surface area contributed by atoms with Crippen molar-refractivity contribution in [1.29, 1.82) is 0 Å². The minimum Gasteiger partial charge on any atom is -0.310 e. The lowest BCUT2D eigenvalue weighted by molar-refractivity contribution is 0.223. The predicted octanol–water partition coefficient (Wildman–Crippen LogP) is 5.51. The quantitative estimate of drug-likeness (QED) is 0.697. The van der Waals surface area contributed by atoms with Gasteiger partial charge in [-0.15, -0.1) is 0 Å². The summed E-state index contributed by atoms with van der Waals surface area (Å²) in [6.07, 6.45) is 9.26. The molecule has 1 N–H and O–H groups in total. The number of benzene rings is 1. The van der Waals surface area contributed by atoms with E-state index in [1.807, 2.05) is 0 Å². The summed E-state index contributed by atoms with van der Waals surface area (Å²) in [4.78, 5) is 0. The van der Waals surface area contributed by atoms with E-state index in [1.54, 1.807) is 0 Å². The third-order valence-electron chi connectivity index (χ3n) is 4.91. The Morgan fingerprint density at radius 1 is 1.19 bits per heavy atom. The summed E-state index contributed by atoms with van der Waals surface area (Å²) in [6.45, 7) is 8.09. The third-order valence-corrected chi connectivity index (χ3v) is 4.91. The van der Waals surface area contributed by atoms with Crippen LogP contribution in [0.3, 0.4) is 0 Å². The summed E-state index contributed by atoms with van der Waals surface area (Å²) in [5, 5.41) is 3.85. The highest BCUT2D eigenvalue weighted by Crippen LogP contribution is 2.37. The Hall–Kier alpha value is -0.820. The van der Waals surface area contributed by atoms with Gasteiger partial charge in [-0.3, -0.25) is 0 Å². The molecule has 0 saturated heterocycles. The molecule has 0 bridgehead atoms. The van der Waals surface area contributed by atoms with Crippen molar-refractivity contribution >= 4 is 0 Å². The van der Waals surface area contributed by atoms with Gasteiger partial charge in [-0.2, -0.15) is 0 Å². The Balaban J connectivity index is 2.15.